The highest BCUT2D eigenvalue weighted by Gasteiger charge is 2.27. The van der Waals surface area contributed by atoms with Gasteiger partial charge in [-0.05, 0) is 31.0 Å². The second-order valence-electron chi connectivity index (χ2n) is 4.91. The molecule has 110 valence electrons. The lowest BCUT2D eigenvalue weighted by Gasteiger charge is -2.19. The van der Waals surface area contributed by atoms with E-state index in [0.29, 0.717) is 10.8 Å². The van der Waals surface area contributed by atoms with Crippen molar-refractivity contribution in [1.29, 1.82) is 0 Å². The molecule has 2 N–H and O–H groups in total. The van der Waals surface area contributed by atoms with E-state index in [1.807, 2.05) is 0 Å². The highest BCUT2D eigenvalue weighted by atomic mass is 79.9. The third-order valence-electron chi connectivity index (χ3n) is 3.49. The monoisotopic (exact) mass is 361 g/mol. The minimum atomic E-state index is -0.186. The lowest BCUT2D eigenvalue weighted by Crippen LogP contribution is -2.40. The molecule has 2 atom stereocenters. The molecule has 2 unspecified atom stereocenters. The van der Waals surface area contributed by atoms with Crippen LogP contribution in [0.4, 0.5) is 0 Å². The fraction of sp³-hybridized carbons (Fsp3) is 0.500. The number of aliphatic hydroxyl groups is 1. The number of amides is 1. The lowest BCUT2D eigenvalue weighted by molar-refractivity contribution is -0.124. The second kappa shape index (κ2) is 7.29. The molecule has 1 amide bonds. The second-order valence-corrected chi connectivity index (χ2v) is 6.23. The van der Waals surface area contributed by atoms with Gasteiger partial charge in [-0.15, -0.1) is 0 Å². The first-order valence-corrected chi connectivity index (χ1v) is 7.75. The SMILES string of the molecule is O=C(COc1ccc(Br)cc1Cl)NC1CCCC1CO. The Morgan fingerprint density at radius 2 is 2.30 bits per heavy atom. The predicted octanol–water partition coefficient (Wildman–Crippen LogP) is 2.76. The Bertz CT molecular complexity index is 483. The molecule has 0 bridgehead atoms. The van der Waals surface area contributed by atoms with Gasteiger partial charge < -0.3 is 15.2 Å². The van der Waals surface area contributed by atoms with E-state index in [9.17, 15) is 9.90 Å². The Balaban J connectivity index is 1.83. The van der Waals surface area contributed by atoms with E-state index in [-0.39, 0.29) is 31.1 Å². The van der Waals surface area contributed by atoms with Crippen molar-refractivity contribution in [2.75, 3.05) is 13.2 Å². The first-order chi connectivity index (χ1) is 9.60. The van der Waals surface area contributed by atoms with Crippen LogP contribution in [0.15, 0.2) is 22.7 Å². The maximum absolute atomic E-state index is 11.8. The van der Waals surface area contributed by atoms with E-state index in [2.05, 4.69) is 21.2 Å². The van der Waals surface area contributed by atoms with Crippen molar-refractivity contribution < 1.29 is 14.6 Å². The summed E-state index contributed by atoms with van der Waals surface area (Å²) in [5.74, 6) is 0.458. The number of hydrogen-bond donors (Lipinski definition) is 2. The average molecular weight is 363 g/mol. The summed E-state index contributed by atoms with van der Waals surface area (Å²) in [5.41, 5.74) is 0. The van der Waals surface area contributed by atoms with Crippen molar-refractivity contribution in [3.05, 3.63) is 27.7 Å². The molecule has 1 aliphatic carbocycles. The Morgan fingerprint density at radius 1 is 1.50 bits per heavy atom. The predicted molar refractivity (Wildman–Crippen MR) is 81.0 cm³/mol. The quantitative estimate of drug-likeness (QED) is 0.847. The van der Waals surface area contributed by atoms with Gasteiger partial charge in [-0.2, -0.15) is 0 Å². The Kier molecular flexibility index (Phi) is 5.69. The van der Waals surface area contributed by atoms with E-state index in [4.69, 9.17) is 16.3 Å². The van der Waals surface area contributed by atoms with Gasteiger partial charge in [-0.25, -0.2) is 0 Å². The Morgan fingerprint density at radius 3 is 3.00 bits per heavy atom. The smallest absolute Gasteiger partial charge is 0.258 e. The molecule has 0 saturated heterocycles. The number of nitrogens with one attached hydrogen (secondary N) is 1. The molecule has 0 heterocycles. The first kappa shape index (κ1) is 15.6. The molecule has 0 aliphatic heterocycles. The summed E-state index contributed by atoms with van der Waals surface area (Å²) in [6, 6.07) is 5.29. The number of rotatable bonds is 5. The zero-order chi connectivity index (χ0) is 14.5. The molecule has 4 nitrogen and oxygen atoms in total. The molecule has 1 aromatic rings. The Labute approximate surface area is 131 Å². The molecule has 1 fully saturated rings. The first-order valence-electron chi connectivity index (χ1n) is 6.58. The Hall–Kier alpha value is -0.780. The van der Waals surface area contributed by atoms with Crippen molar-refractivity contribution in [1.82, 2.24) is 5.32 Å². The topological polar surface area (TPSA) is 58.6 Å². The number of ether oxygens (including phenoxy) is 1. The van der Waals surface area contributed by atoms with Crippen molar-refractivity contribution in [2.45, 2.75) is 25.3 Å². The van der Waals surface area contributed by atoms with E-state index >= 15 is 0 Å². The van der Waals surface area contributed by atoms with Gasteiger partial charge in [-0.3, -0.25) is 4.79 Å². The maximum Gasteiger partial charge on any atom is 0.258 e. The van der Waals surface area contributed by atoms with Crippen LogP contribution < -0.4 is 10.1 Å². The van der Waals surface area contributed by atoms with Crippen LogP contribution in [0.1, 0.15) is 19.3 Å². The molecule has 0 radical (unpaired) electrons. The van der Waals surface area contributed by atoms with Crippen LogP contribution in [-0.4, -0.2) is 30.3 Å². The summed E-state index contributed by atoms with van der Waals surface area (Å²) in [5, 5.41) is 12.6. The van der Waals surface area contributed by atoms with E-state index in [1.54, 1.807) is 18.2 Å². The van der Waals surface area contributed by atoms with Crippen LogP contribution in [-0.2, 0) is 4.79 Å². The van der Waals surface area contributed by atoms with Gasteiger partial charge in [0.15, 0.2) is 6.61 Å². The third kappa shape index (κ3) is 4.11. The number of carbonyl (C=O) groups excluding carboxylic acids is 1. The molecule has 0 aromatic heterocycles. The molecule has 1 aromatic carbocycles. The van der Waals surface area contributed by atoms with Gasteiger partial charge >= 0.3 is 0 Å². The molecule has 20 heavy (non-hydrogen) atoms. The van der Waals surface area contributed by atoms with Crippen molar-refractivity contribution in [3.8, 4) is 5.75 Å². The average Bonchev–Trinajstić information content (AvgIpc) is 2.85. The van der Waals surface area contributed by atoms with Crippen molar-refractivity contribution in [2.24, 2.45) is 5.92 Å². The van der Waals surface area contributed by atoms with Crippen molar-refractivity contribution >= 4 is 33.4 Å². The number of benzene rings is 1. The summed E-state index contributed by atoms with van der Waals surface area (Å²) in [4.78, 5) is 11.8. The maximum atomic E-state index is 11.8. The van der Waals surface area contributed by atoms with Crippen LogP contribution in [0.2, 0.25) is 5.02 Å². The highest BCUT2D eigenvalue weighted by molar-refractivity contribution is 9.10. The highest BCUT2D eigenvalue weighted by Crippen LogP contribution is 2.28. The lowest BCUT2D eigenvalue weighted by atomic mass is 10.1. The van der Waals surface area contributed by atoms with Gasteiger partial charge in [-0.1, -0.05) is 34.0 Å². The molecule has 0 spiro atoms. The van der Waals surface area contributed by atoms with Gasteiger partial charge in [0.25, 0.3) is 5.91 Å². The van der Waals surface area contributed by atoms with E-state index in [1.165, 1.54) is 0 Å². The van der Waals surface area contributed by atoms with Gasteiger partial charge in [0.05, 0.1) is 5.02 Å². The summed E-state index contributed by atoms with van der Waals surface area (Å²) in [7, 11) is 0. The number of halogens is 2. The number of hydrogen-bond acceptors (Lipinski definition) is 3. The van der Waals surface area contributed by atoms with Crippen LogP contribution in [0.3, 0.4) is 0 Å². The third-order valence-corrected chi connectivity index (χ3v) is 4.28. The van der Waals surface area contributed by atoms with Gasteiger partial charge in [0.2, 0.25) is 0 Å². The summed E-state index contributed by atoms with van der Waals surface area (Å²) >= 11 is 9.32. The van der Waals surface area contributed by atoms with Crippen LogP contribution in [0.5, 0.6) is 5.75 Å². The molecule has 1 aliphatic rings. The zero-order valence-corrected chi connectivity index (χ0v) is 13.3. The fourth-order valence-electron chi connectivity index (χ4n) is 2.43. The summed E-state index contributed by atoms with van der Waals surface area (Å²) in [6.07, 6.45) is 2.91. The molecular formula is C14H17BrClNO3. The molecular weight excluding hydrogens is 346 g/mol. The van der Waals surface area contributed by atoms with E-state index < -0.39 is 0 Å². The van der Waals surface area contributed by atoms with Gasteiger partial charge in [0.1, 0.15) is 5.75 Å². The summed E-state index contributed by atoms with van der Waals surface area (Å²) < 4.78 is 6.26. The number of aliphatic hydroxyl groups excluding tert-OH is 1. The minimum Gasteiger partial charge on any atom is -0.482 e. The van der Waals surface area contributed by atoms with Gasteiger partial charge in [0, 0.05) is 23.0 Å². The molecule has 1 saturated carbocycles. The molecule has 2 rings (SSSR count). The number of carbonyl (C=O) groups is 1. The van der Waals surface area contributed by atoms with Crippen LogP contribution in [0.25, 0.3) is 0 Å². The fourth-order valence-corrected chi connectivity index (χ4v) is 3.16. The summed E-state index contributed by atoms with van der Waals surface area (Å²) in [6.45, 7) is 0.0420. The van der Waals surface area contributed by atoms with Crippen molar-refractivity contribution in [3.63, 3.8) is 0 Å². The van der Waals surface area contributed by atoms with Crippen LogP contribution in [0, 0.1) is 5.92 Å². The zero-order valence-electron chi connectivity index (χ0n) is 10.9. The normalized spacial score (nSPS) is 21.8. The minimum absolute atomic E-state index is 0.0523. The van der Waals surface area contributed by atoms with E-state index in [0.717, 1.165) is 23.7 Å². The standard InChI is InChI=1S/C14H17BrClNO3/c15-10-4-5-13(11(16)6-10)20-8-14(19)17-12-3-1-2-9(12)7-18/h4-6,9,12,18H,1-3,7-8H2,(H,17,19). The van der Waals surface area contributed by atoms with Crippen LogP contribution >= 0.6 is 27.5 Å². The molecule has 6 heteroatoms. The largest absolute Gasteiger partial charge is 0.482 e.